The van der Waals surface area contributed by atoms with Gasteiger partial charge in [0.1, 0.15) is 0 Å². The lowest BCUT2D eigenvalue weighted by Crippen LogP contribution is -2.14. The molecule has 2 aromatic carbocycles. The van der Waals surface area contributed by atoms with Crippen LogP contribution in [0.4, 0.5) is 11.4 Å². The van der Waals surface area contributed by atoms with Gasteiger partial charge in [-0.1, -0.05) is 6.07 Å². The predicted octanol–water partition coefficient (Wildman–Crippen LogP) is 4.00. The number of carboxylic acid groups (broad SMARTS) is 1. The Balaban J connectivity index is 1.86. The standard InChI is InChI=1S/C21H22N2O4S/c1-13-8-14(2)10-17(9-13)23-20(25)12-28-18-6-4-16(5-7-18)22-19(24)11-15(3)21(26)27/h4-11H,12H2,1-3H3,(H,22,24)(H,23,25)(H,26,27)/b15-11-. The number of nitrogens with one attached hydrogen (secondary N) is 2. The van der Waals surface area contributed by atoms with Crippen molar-refractivity contribution in [2.75, 3.05) is 16.4 Å². The summed E-state index contributed by atoms with van der Waals surface area (Å²) in [6.45, 7) is 5.32. The first kappa shape index (κ1) is 21.2. The molecule has 0 unspecified atom stereocenters. The Morgan fingerprint density at radius 3 is 2.14 bits per heavy atom. The average molecular weight is 398 g/mol. The highest BCUT2D eigenvalue weighted by atomic mass is 32.2. The van der Waals surface area contributed by atoms with Crippen LogP contribution in [0.25, 0.3) is 0 Å². The van der Waals surface area contributed by atoms with Gasteiger partial charge in [-0.3, -0.25) is 9.59 Å². The molecule has 2 amide bonds. The Morgan fingerprint density at radius 2 is 1.57 bits per heavy atom. The highest BCUT2D eigenvalue weighted by molar-refractivity contribution is 8.00. The van der Waals surface area contributed by atoms with Crippen LogP contribution in [0.3, 0.4) is 0 Å². The topological polar surface area (TPSA) is 95.5 Å². The number of hydrogen-bond acceptors (Lipinski definition) is 4. The van der Waals surface area contributed by atoms with Gasteiger partial charge in [0.15, 0.2) is 0 Å². The number of benzene rings is 2. The van der Waals surface area contributed by atoms with E-state index in [-0.39, 0.29) is 17.2 Å². The third kappa shape index (κ3) is 6.92. The van der Waals surface area contributed by atoms with Crippen LogP contribution in [0.1, 0.15) is 18.1 Å². The largest absolute Gasteiger partial charge is 0.478 e. The number of hydrogen-bond donors (Lipinski definition) is 3. The molecule has 0 radical (unpaired) electrons. The van der Waals surface area contributed by atoms with E-state index in [0.29, 0.717) is 5.69 Å². The molecular weight excluding hydrogens is 376 g/mol. The Morgan fingerprint density at radius 1 is 0.964 bits per heavy atom. The van der Waals surface area contributed by atoms with Gasteiger partial charge in [-0.25, -0.2) is 4.79 Å². The van der Waals surface area contributed by atoms with Crippen LogP contribution in [-0.4, -0.2) is 28.6 Å². The molecule has 0 aliphatic carbocycles. The normalized spacial score (nSPS) is 11.0. The summed E-state index contributed by atoms with van der Waals surface area (Å²) in [6, 6.07) is 12.9. The van der Waals surface area contributed by atoms with Crippen molar-refractivity contribution in [2.24, 2.45) is 0 Å². The fourth-order valence-electron chi connectivity index (χ4n) is 2.46. The number of carboxylic acids is 1. The smallest absolute Gasteiger partial charge is 0.331 e. The molecule has 0 aliphatic rings. The number of rotatable bonds is 7. The van der Waals surface area contributed by atoms with E-state index in [1.54, 1.807) is 24.3 Å². The highest BCUT2D eigenvalue weighted by Gasteiger charge is 2.07. The molecule has 0 atom stereocenters. The van der Waals surface area contributed by atoms with Gasteiger partial charge in [0.25, 0.3) is 0 Å². The van der Waals surface area contributed by atoms with E-state index >= 15 is 0 Å². The van der Waals surface area contributed by atoms with E-state index in [9.17, 15) is 14.4 Å². The van der Waals surface area contributed by atoms with E-state index < -0.39 is 11.9 Å². The highest BCUT2D eigenvalue weighted by Crippen LogP contribution is 2.21. The van der Waals surface area contributed by atoms with Gasteiger partial charge in [0.2, 0.25) is 11.8 Å². The lowest BCUT2D eigenvalue weighted by molar-refractivity contribution is -0.132. The number of aryl methyl sites for hydroxylation is 2. The molecule has 3 N–H and O–H groups in total. The summed E-state index contributed by atoms with van der Waals surface area (Å²) in [4.78, 5) is 35.5. The fraction of sp³-hybridized carbons (Fsp3) is 0.190. The van der Waals surface area contributed by atoms with Gasteiger partial charge in [0.05, 0.1) is 5.75 Å². The molecule has 0 bridgehead atoms. The predicted molar refractivity (Wildman–Crippen MR) is 112 cm³/mol. The third-order valence-corrected chi connectivity index (χ3v) is 4.69. The number of thioether (sulfide) groups is 1. The van der Waals surface area contributed by atoms with Crippen molar-refractivity contribution < 1.29 is 19.5 Å². The van der Waals surface area contributed by atoms with Crippen molar-refractivity contribution in [3.8, 4) is 0 Å². The summed E-state index contributed by atoms with van der Waals surface area (Å²) in [5.41, 5.74) is 3.47. The number of carbonyl (C=O) groups excluding carboxylic acids is 2. The van der Waals surface area contributed by atoms with Gasteiger partial charge in [-0.15, -0.1) is 11.8 Å². The molecule has 0 heterocycles. The zero-order chi connectivity index (χ0) is 20.7. The number of anilines is 2. The van der Waals surface area contributed by atoms with Gasteiger partial charge in [-0.2, -0.15) is 0 Å². The maximum absolute atomic E-state index is 12.1. The first-order valence-electron chi connectivity index (χ1n) is 8.56. The minimum atomic E-state index is -1.14. The van der Waals surface area contributed by atoms with Crippen LogP contribution in [0.5, 0.6) is 0 Å². The summed E-state index contributed by atoms with van der Waals surface area (Å²) in [5, 5.41) is 14.3. The average Bonchev–Trinajstić information content (AvgIpc) is 2.60. The molecule has 146 valence electrons. The summed E-state index contributed by atoms with van der Waals surface area (Å²) < 4.78 is 0. The molecule has 0 fully saturated rings. The number of carbonyl (C=O) groups is 3. The van der Waals surface area contributed by atoms with Crippen molar-refractivity contribution in [3.05, 3.63) is 65.2 Å². The van der Waals surface area contributed by atoms with Crippen LogP contribution in [0, 0.1) is 13.8 Å². The molecular formula is C21H22N2O4S. The van der Waals surface area contributed by atoms with Gasteiger partial charge in [-0.05, 0) is 68.3 Å². The second-order valence-electron chi connectivity index (χ2n) is 6.36. The Kier molecular flexibility index (Phi) is 7.40. The van der Waals surface area contributed by atoms with E-state index in [4.69, 9.17) is 5.11 Å². The first-order chi connectivity index (χ1) is 13.2. The molecule has 0 saturated heterocycles. The van der Waals surface area contributed by atoms with Crippen molar-refractivity contribution in [1.29, 1.82) is 0 Å². The van der Waals surface area contributed by atoms with Crippen LogP contribution in [0.2, 0.25) is 0 Å². The molecule has 0 aliphatic heterocycles. The first-order valence-corrected chi connectivity index (χ1v) is 9.55. The SMILES string of the molecule is C/C(=C/C(=O)Nc1ccc(SCC(=O)Nc2cc(C)cc(C)c2)cc1)C(=O)O. The lowest BCUT2D eigenvalue weighted by atomic mass is 10.1. The van der Waals surface area contributed by atoms with Crippen molar-refractivity contribution >= 4 is 40.9 Å². The Labute approximate surface area is 168 Å². The molecule has 2 rings (SSSR count). The van der Waals surface area contributed by atoms with Crippen LogP contribution in [0.15, 0.2) is 59.0 Å². The molecule has 7 heteroatoms. The zero-order valence-corrected chi connectivity index (χ0v) is 16.7. The van der Waals surface area contributed by atoms with E-state index in [2.05, 4.69) is 10.6 Å². The molecule has 0 saturated carbocycles. The van der Waals surface area contributed by atoms with Crippen molar-refractivity contribution in [3.63, 3.8) is 0 Å². The molecule has 0 spiro atoms. The molecule has 2 aromatic rings. The van der Waals surface area contributed by atoms with Crippen molar-refractivity contribution in [2.45, 2.75) is 25.7 Å². The van der Waals surface area contributed by atoms with Gasteiger partial charge in [0, 0.05) is 27.9 Å². The number of amides is 2. The molecule has 0 aromatic heterocycles. The molecule has 6 nitrogen and oxygen atoms in total. The van der Waals surface area contributed by atoms with Crippen LogP contribution >= 0.6 is 11.8 Å². The maximum Gasteiger partial charge on any atom is 0.331 e. The van der Waals surface area contributed by atoms with Crippen molar-refractivity contribution in [1.82, 2.24) is 0 Å². The van der Waals surface area contributed by atoms with Crippen LogP contribution in [-0.2, 0) is 14.4 Å². The quantitative estimate of drug-likeness (QED) is 0.484. The second-order valence-corrected chi connectivity index (χ2v) is 7.41. The minimum absolute atomic E-state index is 0.0421. The lowest BCUT2D eigenvalue weighted by Gasteiger charge is -2.08. The Bertz CT molecular complexity index is 900. The monoisotopic (exact) mass is 398 g/mol. The van der Waals surface area contributed by atoms with E-state index in [1.807, 2.05) is 32.0 Å². The summed E-state index contributed by atoms with van der Waals surface area (Å²) in [6.07, 6.45) is 1.03. The van der Waals surface area contributed by atoms with Gasteiger partial charge >= 0.3 is 5.97 Å². The fourth-order valence-corrected chi connectivity index (χ4v) is 3.16. The number of aliphatic carboxylic acids is 1. The zero-order valence-electron chi connectivity index (χ0n) is 15.9. The Hall–Kier alpha value is -3.06. The van der Waals surface area contributed by atoms with Gasteiger partial charge < -0.3 is 15.7 Å². The van der Waals surface area contributed by atoms with Crippen LogP contribution < -0.4 is 10.6 Å². The van der Waals surface area contributed by atoms with E-state index in [0.717, 1.165) is 27.8 Å². The second kappa shape index (κ2) is 9.75. The maximum atomic E-state index is 12.1. The summed E-state index contributed by atoms with van der Waals surface area (Å²) in [7, 11) is 0. The third-order valence-electron chi connectivity index (χ3n) is 3.68. The summed E-state index contributed by atoms with van der Waals surface area (Å²) in [5.74, 6) is -1.48. The molecule has 28 heavy (non-hydrogen) atoms. The minimum Gasteiger partial charge on any atom is -0.478 e. The summed E-state index contributed by atoms with van der Waals surface area (Å²) >= 11 is 1.38. The van der Waals surface area contributed by atoms with E-state index in [1.165, 1.54) is 18.7 Å².